The van der Waals surface area contributed by atoms with Gasteiger partial charge >= 0.3 is 13.2 Å². The number of para-hydroxylation sites is 1. The van der Waals surface area contributed by atoms with Gasteiger partial charge < -0.3 is 25.6 Å². The number of hydrogen-bond donors (Lipinski definition) is 5. The van der Waals surface area contributed by atoms with Gasteiger partial charge in [0, 0.05) is 19.1 Å². The number of ether oxygens (including phenoxy) is 1. The number of nitrogens with one attached hydrogen (secondary N) is 2. The van der Waals surface area contributed by atoms with Gasteiger partial charge in [0.2, 0.25) is 10.0 Å². The Morgan fingerprint density at radius 1 is 1.04 bits per heavy atom. The molecule has 0 radical (unpaired) electrons. The van der Waals surface area contributed by atoms with Gasteiger partial charge in [0.25, 0.3) is 0 Å². The highest BCUT2D eigenvalue weighted by Crippen LogP contribution is 2.34. The van der Waals surface area contributed by atoms with Crippen LogP contribution in [0, 0.1) is 0 Å². The standard InChI is InChI=1S/C16H20N3O7PS/c17-12(10-18-16(20)27(21,22)23)11-19-28(24,25)15-8-6-14(7-9-15)26-13-4-2-1-3-5-13/h1-9,12,19H,10-11,17H2,(H,18,20)(H2,21,22,23)/t12-/m1/s1. The summed E-state index contributed by atoms with van der Waals surface area (Å²) in [5.41, 5.74) is 4.17. The van der Waals surface area contributed by atoms with Crippen molar-refractivity contribution in [2.45, 2.75) is 10.9 Å². The van der Waals surface area contributed by atoms with Gasteiger partial charge in [-0.3, -0.25) is 4.79 Å². The van der Waals surface area contributed by atoms with E-state index in [0.29, 0.717) is 11.5 Å². The summed E-state index contributed by atoms with van der Waals surface area (Å²) in [6.45, 7) is -0.553. The monoisotopic (exact) mass is 429 g/mol. The highest BCUT2D eigenvalue weighted by molar-refractivity contribution is 7.89. The van der Waals surface area contributed by atoms with Gasteiger partial charge in [0.15, 0.2) is 0 Å². The molecule has 1 amide bonds. The van der Waals surface area contributed by atoms with E-state index in [1.54, 1.807) is 12.1 Å². The maximum atomic E-state index is 12.3. The molecular formula is C16H20N3O7PS. The van der Waals surface area contributed by atoms with Gasteiger partial charge in [-0.2, -0.15) is 0 Å². The zero-order valence-electron chi connectivity index (χ0n) is 14.6. The molecule has 0 fully saturated rings. The quantitative estimate of drug-likeness (QED) is 0.367. The first-order valence-electron chi connectivity index (χ1n) is 8.00. The van der Waals surface area contributed by atoms with Crippen molar-refractivity contribution in [2.75, 3.05) is 13.1 Å². The average molecular weight is 429 g/mol. The van der Waals surface area contributed by atoms with Crippen LogP contribution in [0.3, 0.4) is 0 Å². The number of rotatable bonds is 9. The molecule has 0 unspecified atom stereocenters. The predicted octanol–water partition coefficient (Wildman–Crippen LogP) is 0.972. The van der Waals surface area contributed by atoms with Crippen molar-refractivity contribution in [3.05, 3.63) is 54.6 Å². The molecule has 0 aliphatic rings. The second kappa shape index (κ2) is 9.28. The van der Waals surface area contributed by atoms with E-state index in [2.05, 4.69) is 4.72 Å². The number of amides is 1. The second-order valence-corrected chi connectivity index (χ2v) is 8.99. The lowest BCUT2D eigenvalue weighted by molar-refractivity contribution is 0.248. The van der Waals surface area contributed by atoms with E-state index < -0.39 is 29.3 Å². The van der Waals surface area contributed by atoms with Crippen molar-refractivity contribution < 1.29 is 32.3 Å². The number of carbonyl (C=O) groups is 1. The largest absolute Gasteiger partial charge is 0.457 e. The maximum Gasteiger partial charge on any atom is 0.413 e. The van der Waals surface area contributed by atoms with Crippen LogP contribution in [-0.4, -0.2) is 43.0 Å². The van der Waals surface area contributed by atoms with E-state index in [1.165, 1.54) is 24.3 Å². The molecule has 28 heavy (non-hydrogen) atoms. The first-order chi connectivity index (χ1) is 13.1. The van der Waals surface area contributed by atoms with E-state index in [1.807, 2.05) is 23.5 Å². The third-order valence-electron chi connectivity index (χ3n) is 3.43. The zero-order chi connectivity index (χ0) is 20.8. The minimum absolute atomic E-state index is 0.0145. The van der Waals surface area contributed by atoms with Crippen molar-refractivity contribution in [2.24, 2.45) is 5.73 Å². The molecule has 0 heterocycles. The van der Waals surface area contributed by atoms with Crippen LogP contribution in [0.4, 0.5) is 4.79 Å². The molecule has 0 bridgehead atoms. The van der Waals surface area contributed by atoms with Crippen LogP contribution in [0.2, 0.25) is 0 Å². The Morgan fingerprint density at radius 3 is 2.18 bits per heavy atom. The fraction of sp³-hybridized carbons (Fsp3) is 0.188. The van der Waals surface area contributed by atoms with E-state index >= 15 is 0 Å². The Bertz CT molecular complexity index is 946. The summed E-state index contributed by atoms with van der Waals surface area (Å²) in [5.74, 6) is 1.07. The molecule has 0 aliphatic carbocycles. The Kier molecular flexibility index (Phi) is 7.30. The van der Waals surface area contributed by atoms with Gasteiger partial charge in [-0.1, -0.05) is 18.2 Å². The second-order valence-electron chi connectivity index (χ2n) is 5.73. The lowest BCUT2D eigenvalue weighted by Crippen LogP contribution is -2.44. The van der Waals surface area contributed by atoms with E-state index in [0.717, 1.165) is 0 Å². The minimum Gasteiger partial charge on any atom is -0.457 e. The molecule has 2 aromatic carbocycles. The summed E-state index contributed by atoms with van der Waals surface area (Å²) >= 11 is 0. The number of sulfonamides is 1. The molecular weight excluding hydrogens is 409 g/mol. The smallest absolute Gasteiger partial charge is 0.413 e. The summed E-state index contributed by atoms with van der Waals surface area (Å²) < 4.78 is 43.1. The lowest BCUT2D eigenvalue weighted by Gasteiger charge is -2.14. The van der Waals surface area contributed by atoms with Crippen LogP contribution < -0.4 is 20.5 Å². The fourth-order valence-electron chi connectivity index (χ4n) is 2.01. The molecule has 0 spiro atoms. The molecule has 2 aromatic rings. The highest BCUT2D eigenvalue weighted by atomic mass is 32.2. The molecule has 0 saturated carbocycles. The van der Waals surface area contributed by atoms with Gasteiger partial charge in [-0.25, -0.2) is 17.7 Å². The summed E-state index contributed by atoms with van der Waals surface area (Å²) in [6, 6.07) is 13.8. The zero-order valence-corrected chi connectivity index (χ0v) is 16.3. The van der Waals surface area contributed by atoms with Crippen LogP contribution in [0.5, 0.6) is 11.5 Å². The highest BCUT2D eigenvalue weighted by Gasteiger charge is 2.25. The van der Waals surface area contributed by atoms with E-state index in [4.69, 9.17) is 20.3 Å². The number of hydrogen-bond acceptors (Lipinski definition) is 6. The molecule has 0 saturated heterocycles. The Morgan fingerprint density at radius 2 is 1.61 bits per heavy atom. The van der Waals surface area contributed by atoms with Gasteiger partial charge in [0.05, 0.1) is 4.90 Å². The van der Waals surface area contributed by atoms with Crippen molar-refractivity contribution in [3.63, 3.8) is 0 Å². The predicted molar refractivity (Wildman–Crippen MR) is 102 cm³/mol. The third-order valence-corrected chi connectivity index (χ3v) is 5.56. The van der Waals surface area contributed by atoms with Crippen molar-refractivity contribution >= 4 is 23.3 Å². The number of nitrogens with two attached hydrogens (primary N) is 1. The topological polar surface area (TPSA) is 168 Å². The molecule has 0 aliphatic heterocycles. The fourth-order valence-corrected chi connectivity index (χ4v) is 3.40. The molecule has 152 valence electrons. The molecule has 0 aromatic heterocycles. The first kappa shape index (κ1) is 22.0. The first-order valence-corrected chi connectivity index (χ1v) is 11.1. The van der Waals surface area contributed by atoms with Gasteiger partial charge in [-0.05, 0) is 36.4 Å². The maximum absolute atomic E-state index is 12.3. The van der Waals surface area contributed by atoms with Crippen LogP contribution in [-0.2, 0) is 14.6 Å². The average Bonchev–Trinajstić information content (AvgIpc) is 2.65. The lowest BCUT2D eigenvalue weighted by atomic mass is 10.3. The Hall–Kier alpha value is -2.27. The molecule has 10 nitrogen and oxygen atoms in total. The molecule has 12 heteroatoms. The van der Waals surface area contributed by atoms with Crippen LogP contribution in [0.1, 0.15) is 0 Å². The summed E-state index contributed by atoms with van der Waals surface area (Å²) in [6.07, 6.45) is 0. The number of carbonyl (C=O) groups excluding carboxylic acids is 1. The van der Waals surface area contributed by atoms with Crippen molar-refractivity contribution in [3.8, 4) is 11.5 Å². The summed E-state index contributed by atoms with van der Waals surface area (Å²) in [5, 5.41) is 1.95. The Labute approximate surface area is 161 Å². The molecule has 1 atom stereocenters. The van der Waals surface area contributed by atoms with E-state index in [9.17, 15) is 17.8 Å². The van der Waals surface area contributed by atoms with Gasteiger partial charge in [0.1, 0.15) is 11.5 Å². The van der Waals surface area contributed by atoms with Crippen molar-refractivity contribution in [1.29, 1.82) is 0 Å². The Balaban J connectivity index is 1.90. The van der Waals surface area contributed by atoms with E-state index in [-0.39, 0.29) is 18.0 Å². The minimum atomic E-state index is -4.90. The summed E-state index contributed by atoms with van der Waals surface area (Å²) in [7, 11) is -8.76. The summed E-state index contributed by atoms with van der Waals surface area (Å²) in [4.78, 5) is 28.4. The number of benzene rings is 2. The van der Waals surface area contributed by atoms with Gasteiger partial charge in [-0.15, -0.1) is 0 Å². The molecule has 6 N–H and O–H groups in total. The normalized spacial score (nSPS) is 13.0. The SMILES string of the molecule is N[C@H](CNC(=O)P(=O)(O)O)CNS(=O)(=O)c1ccc(Oc2ccccc2)cc1. The van der Waals surface area contributed by atoms with Crippen LogP contribution in [0.15, 0.2) is 59.5 Å². The van der Waals surface area contributed by atoms with Crippen molar-refractivity contribution in [1.82, 2.24) is 10.0 Å². The molecule has 2 rings (SSSR count). The van der Waals surface area contributed by atoms with Crippen LogP contribution >= 0.6 is 7.60 Å². The van der Waals surface area contributed by atoms with Crippen LogP contribution in [0.25, 0.3) is 0 Å². The third kappa shape index (κ3) is 6.71.